The highest BCUT2D eigenvalue weighted by molar-refractivity contribution is 5.79. The average Bonchev–Trinajstić information content (AvgIpc) is 3.01. The Balaban J connectivity index is 1.87. The van der Waals surface area contributed by atoms with Crippen LogP contribution < -0.4 is 15.4 Å². The summed E-state index contributed by atoms with van der Waals surface area (Å²) in [7, 11) is 3.41. The maximum Gasteiger partial charge on any atom is 0.191 e. The summed E-state index contributed by atoms with van der Waals surface area (Å²) in [6.07, 6.45) is 1.65. The van der Waals surface area contributed by atoms with Crippen LogP contribution in [0.5, 0.6) is 5.75 Å². The van der Waals surface area contributed by atoms with Crippen molar-refractivity contribution in [2.24, 2.45) is 4.99 Å². The molecule has 0 aliphatic rings. The second-order valence-corrected chi connectivity index (χ2v) is 4.17. The topological polar surface area (TPSA) is 58.8 Å². The van der Waals surface area contributed by atoms with Gasteiger partial charge in [0.2, 0.25) is 0 Å². The van der Waals surface area contributed by atoms with Gasteiger partial charge >= 0.3 is 0 Å². The van der Waals surface area contributed by atoms with E-state index >= 15 is 0 Å². The highest BCUT2D eigenvalue weighted by Crippen LogP contribution is 2.16. The zero-order valence-corrected chi connectivity index (χ0v) is 11.7. The van der Waals surface area contributed by atoms with E-state index in [0.29, 0.717) is 19.0 Å². The van der Waals surface area contributed by atoms with E-state index in [1.165, 1.54) is 0 Å². The number of methoxy groups -OCH3 is 1. The standard InChI is InChI=1S/C15H19N3O2/c1-16-15(18-11-13-7-5-9-20-13)17-10-12-6-3-4-8-14(12)19-2/h3-9H,10-11H2,1-2H3,(H2,16,17,18). The van der Waals surface area contributed by atoms with E-state index in [1.54, 1.807) is 20.4 Å². The van der Waals surface area contributed by atoms with Gasteiger partial charge in [0.15, 0.2) is 5.96 Å². The molecule has 0 unspecified atom stereocenters. The summed E-state index contributed by atoms with van der Waals surface area (Å²) in [6, 6.07) is 11.7. The molecule has 0 atom stereocenters. The monoisotopic (exact) mass is 273 g/mol. The summed E-state index contributed by atoms with van der Waals surface area (Å²) in [5.41, 5.74) is 1.08. The van der Waals surface area contributed by atoms with E-state index in [0.717, 1.165) is 17.1 Å². The second-order valence-electron chi connectivity index (χ2n) is 4.17. The Bertz CT molecular complexity index is 550. The number of ether oxygens (including phenoxy) is 1. The Hall–Kier alpha value is -2.43. The Morgan fingerprint density at radius 2 is 1.95 bits per heavy atom. The Kier molecular flexibility index (Phi) is 5.06. The quantitative estimate of drug-likeness (QED) is 0.647. The lowest BCUT2D eigenvalue weighted by Crippen LogP contribution is -2.36. The zero-order valence-electron chi connectivity index (χ0n) is 11.7. The first-order chi connectivity index (χ1) is 9.83. The van der Waals surface area contributed by atoms with E-state index in [9.17, 15) is 0 Å². The van der Waals surface area contributed by atoms with Gasteiger partial charge in [-0.3, -0.25) is 4.99 Å². The fourth-order valence-electron chi connectivity index (χ4n) is 1.83. The third kappa shape index (κ3) is 3.78. The van der Waals surface area contributed by atoms with Crippen molar-refractivity contribution in [3.05, 3.63) is 54.0 Å². The van der Waals surface area contributed by atoms with Gasteiger partial charge < -0.3 is 19.8 Å². The lowest BCUT2D eigenvalue weighted by atomic mass is 10.2. The van der Waals surface area contributed by atoms with Crippen LogP contribution in [0.15, 0.2) is 52.1 Å². The van der Waals surface area contributed by atoms with Gasteiger partial charge in [0.1, 0.15) is 11.5 Å². The van der Waals surface area contributed by atoms with E-state index < -0.39 is 0 Å². The van der Waals surface area contributed by atoms with Crippen LogP contribution in [0.3, 0.4) is 0 Å². The van der Waals surface area contributed by atoms with Crippen LogP contribution in [0.1, 0.15) is 11.3 Å². The van der Waals surface area contributed by atoms with Crippen molar-refractivity contribution in [3.63, 3.8) is 0 Å². The zero-order chi connectivity index (χ0) is 14.2. The van der Waals surface area contributed by atoms with Crippen molar-refractivity contribution in [2.45, 2.75) is 13.1 Å². The van der Waals surface area contributed by atoms with Gasteiger partial charge in [0.05, 0.1) is 19.9 Å². The molecule has 1 heterocycles. The van der Waals surface area contributed by atoms with E-state index in [-0.39, 0.29) is 0 Å². The molecule has 106 valence electrons. The Morgan fingerprint density at radius 3 is 2.65 bits per heavy atom. The summed E-state index contributed by atoms with van der Waals surface area (Å²) in [4.78, 5) is 4.17. The predicted octanol–water partition coefficient (Wildman–Crippen LogP) is 2.15. The lowest BCUT2D eigenvalue weighted by Gasteiger charge is -2.13. The summed E-state index contributed by atoms with van der Waals surface area (Å²) in [5, 5.41) is 6.42. The van der Waals surface area contributed by atoms with Crippen molar-refractivity contribution >= 4 is 5.96 Å². The Labute approximate surface area is 118 Å². The number of benzene rings is 1. The molecule has 0 aliphatic heterocycles. The number of hydrogen-bond donors (Lipinski definition) is 2. The molecule has 5 nitrogen and oxygen atoms in total. The second kappa shape index (κ2) is 7.23. The summed E-state index contributed by atoms with van der Waals surface area (Å²) in [5.74, 6) is 2.44. The SMILES string of the molecule is CN=C(NCc1ccco1)NCc1ccccc1OC. The fraction of sp³-hybridized carbons (Fsp3) is 0.267. The summed E-state index contributed by atoms with van der Waals surface area (Å²) in [6.45, 7) is 1.24. The number of rotatable bonds is 5. The van der Waals surface area contributed by atoms with Crippen LogP contribution in [-0.4, -0.2) is 20.1 Å². The summed E-state index contributed by atoms with van der Waals surface area (Å²) < 4.78 is 10.6. The largest absolute Gasteiger partial charge is 0.496 e. The molecule has 0 saturated heterocycles. The number of furan rings is 1. The minimum absolute atomic E-state index is 0.596. The molecule has 5 heteroatoms. The maximum atomic E-state index is 5.31. The molecule has 1 aromatic carbocycles. The smallest absolute Gasteiger partial charge is 0.191 e. The number of aliphatic imine (C=N–C) groups is 1. The molecule has 0 amide bonds. The molecular formula is C15H19N3O2. The number of nitrogens with one attached hydrogen (secondary N) is 2. The third-order valence-electron chi connectivity index (χ3n) is 2.87. The molecule has 1 aromatic heterocycles. The number of hydrogen-bond acceptors (Lipinski definition) is 3. The van der Waals surface area contributed by atoms with Crippen LogP contribution in [0.4, 0.5) is 0 Å². The normalized spacial score (nSPS) is 11.2. The Morgan fingerprint density at radius 1 is 1.15 bits per heavy atom. The van der Waals surface area contributed by atoms with E-state index in [2.05, 4.69) is 15.6 Å². The van der Waals surface area contributed by atoms with Crippen molar-refractivity contribution in [2.75, 3.05) is 14.2 Å². The van der Waals surface area contributed by atoms with Crippen molar-refractivity contribution in [1.29, 1.82) is 0 Å². The van der Waals surface area contributed by atoms with Gasteiger partial charge in [-0.1, -0.05) is 18.2 Å². The van der Waals surface area contributed by atoms with Crippen molar-refractivity contribution in [3.8, 4) is 5.75 Å². The average molecular weight is 273 g/mol. The molecule has 20 heavy (non-hydrogen) atoms. The maximum absolute atomic E-state index is 5.31. The molecule has 0 bridgehead atoms. The first kappa shape index (κ1) is 14.0. The molecule has 0 spiro atoms. The highest BCUT2D eigenvalue weighted by Gasteiger charge is 2.03. The van der Waals surface area contributed by atoms with Crippen molar-refractivity contribution in [1.82, 2.24) is 10.6 Å². The first-order valence-electron chi connectivity index (χ1n) is 6.42. The van der Waals surface area contributed by atoms with Gasteiger partial charge in [-0.2, -0.15) is 0 Å². The molecule has 0 radical (unpaired) electrons. The van der Waals surface area contributed by atoms with E-state index in [1.807, 2.05) is 36.4 Å². The number of guanidine groups is 1. The minimum atomic E-state index is 0.596. The van der Waals surface area contributed by atoms with Gasteiger partial charge in [-0.15, -0.1) is 0 Å². The highest BCUT2D eigenvalue weighted by atomic mass is 16.5. The molecular weight excluding hydrogens is 254 g/mol. The van der Waals surface area contributed by atoms with Gasteiger partial charge in [0.25, 0.3) is 0 Å². The minimum Gasteiger partial charge on any atom is -0.496 e. The molecule has 0 saturated carbocycles. The lowest BCUT2D eigenvalue weighted by molar-refractivity contribution is 0.409. The first-order valence-corrected chi connectivity index (χ1v) is 6.42. The molecule has 0 aliphatic carbocycles. The number of nitrogens with zero attached hydrogens (tertiary/aromatic N) is 1. The van der Waals surface area contributed by atoms with Gasteiger partial charge in [-0.25, -0.2) is 0 Å². The van der Waals surface area contributed by atoms with Crippen LogP contribution in [-0.2, 0) is 13.1 Å². The van der Waals surface area contributed by atoms with Crippen molar-refractivity contribution < 1.29 is 9.15 Å². The van der Waals surface area contributed by atoms with Crippen LogP contribution in [0.2, 0.25) is 0 Å². The predicted molar refractivity (Wildman–Crippen MR) is 78.7 cm³/mol. The molecule has 2 N–H and O–H groups in total. The van der Waals surface area contributed by atoms with Crippen LogP contribution in [0, 0.1) is 0 Å². The molecule has 0 fully saturated rings. The summed E-state index contributed by atoms with van der Waals surface area (Å²) >= 11 is 0. The third-order valence-corrected chi connectivity index (χ3v) is 2.87. The number of para-hydroxylation sites is 1. The molecule has 2 rings (SSSR count). The van der Waals surface area contributed by atoms with E-state index in [4.69, 9.17) is 9.15 Å². The molecule has 2 aromatic rings. The fourth-order valence-corrected chi connectivity index (χ4v) is 1.83. The van der Waals surface area contributed by atoms with Gasteiger partial charge in [-0.05, 0) is 18.2 Å². The van der Waals surface area contributed by atoms with Gasteiger partial charge in [0, 0.05) is 19.2 Å². The van der Waals surface area contributed by atoms with Crippen LogP contribution >= 0.6 is 0 Å². The van der Waals surface area contributed by atoms with Crippen LogP contribution in [0.25, 0.3) is 0 Å².